The van der Waals surface area contributed by atoms with Crippen LogP contribution in [0.2, 0.25) is 5.02 Å². The van der Waals surface area contributed by atoms with Crippen LogP contribution in [-0.2, 0) is 0 Å². The number of aromatic hydroxyl groups is 2. The lowest BCUT2D eigenvalue weighted by atomic mass is 9.80. The van der Waals surface area contributed by atoms with Crippen molar-refractivity contribution in [1.29, 1.82) is 0 Å². The molecule has 0 bridgehead atoms. The van der Waals surface area contributed by atoms with Crippen LogP contribution in [0.25, 0.3) is 21.5 Å². The van der Waals surface area contributed by atoms with Crippen molar-refractivity contribution in [1.82, 2.24) is 0 Å². The maximum absolute atomic E-state index is 11.0. The summed E-state index contributed by atoms with van der Waals surface area (Å²) in [7, 11) is 0. The highest BCUT2D eigenvalue weighted by molar-refractivity contribution is 6.30. The van der Waals surface area contributed by atoms with E-state index in [4.69, 9.17) is 11.6 Å². The van der Waals surface area contributed by atoms with Crippen LogP contribution in [0.3, 0.4) is 0 Å². The molecule has 5 rings (SSSR count). The summed E-state index contributed by atoms with van der Waals surface area (Å²) >= 11 is 6.35. The standard InChI is InChI=1S/C27H19ClO2/c28-20-9-5-8-19(16-20)25(26-21-10-3-1-6-17(21)12-14-23(26)29)27-22-11-4-2-7-18(22)13-15-24(27)30/h1-16,25,29-30H. The van der Waals surface area contributed by atoms with E-state index in [0.29, 0.717) is 5.02 Å². The average Bonchev–Trinajstić information content (AvgIpc) is 2.77. The monoisotopic (exact) mass is 410 g/mol. The maximum Gasteiger partial charge on any atom is 0.120 e. The molecule has 0 amide bonds. The van der Waals surface area contributed by atoms with Gasteiger partial charge in [-0.25, -0.2) is 0 Å². The highest BCUT2D eigenvalue weighted by Gasteiger charge is 2.27. The molecule has 2 N–H and O–H groups in total. The summed E-state index contributed by atoms with van der Waals surface area (Å²) in [4.78, 5) is 0. The van der Waals surface area contributed by atoms with E-state index in [-0.39, 0.29) is 11.5 Å². The van der Waals surface area contributed by atoms with Gasteiger partial charge >= 0.3 is 0 Å². The predicted molar refractivity (Wildman–Crippen MR) is 124 cm³/mol. The predicted octanol–water partition coefficient (Wildman–Crippen LogP) is 7.24. The van der Waals surface area contributed by atoms with Crippen molar-refractivity contribution < 1.29 is 10.2 Å². The first kappa shape index (κ1) is 18.5. The van der Waals surface area contributed by atoms with Crippen LogP contribution >= 0.6 is 11.6 Å². The number of phenolic OH excluding ortho intramolecular Hbond substituents is 2. The molecule has 146 valence electrons. The van der Waals surface area contributed by atoms with Crippen LogP contribution in [0, 0.1) is 0 Å². The van der Waals surface area contributed by atoms with Gasteiger partial charge in [-0.3, -0.25) is 0 Å². The largest absolute Gasteiger partial charge is 0.508 e. The quantitative estimate of drug-likeness (QED) is 0.308. The first-order valence-electron chi connectivity index (χ1n) is 9.80. The molecule has 0 unspecified atom stereocenters. The molecule has 0 radical (unpaired) electrons. The highest BCUT2D eigenvalue weighted by atomic mass is 35.5. The molecule has 0 heterocycles. The molecule has 0 atom stereocenters. The van der Waals surface area contributed by atoms with Gasteiger partial charge in [-0.15, -0.1) is 0 Å². The average molecular weight is 411 g/mol. The zero-order valence-electron chi connectivity index (χ0n) is 16.1. The summed E-state index contributed by atoms with van der Waals surface area (Å²) in [6, 6.07) is 30.8. The fourth-order valence-electron chi connectivity index (χ4n) is 4.34. The second-order valence-corrected chi connectivity index (χ2v) is 7.86. The Morgan fingerprint density at radius 2 is 1.10 bits per heavy atom. The fourth-order valence-corrected chi connectivity index (χ4v) is 4.54. The lowest BCUT2D eigenvalue weighted by Crippen LogP contribution is -2.06. The first-order valence-corrected chi connectivity index (χ1v) is 10.2. The number of fused-ring (bicyclic) bond motifs is 2. The lowest BCUT2D eigenvalue weighted by Gasteiger charge is -2.24. The fraction of sp³-hybridized carbons (Fsp3) is 0.0370. The van der Waals surface area contributed by atoms with Crippen LogP contribution in [0.15, 0.2) is 97.1 Å². The van der Waals surface area contributed by atoms with Crippen LogP contribution < -0.4 is 0 Å². The number of benzene rings is 5. The summed E-state index contributed by atoms with van der Waals surface area (Å²) in [5.41, 5.74) is 2.41. The van der Waals surface area contributed by atoms with Gasteiger partial charge in [0.2, 0.25) is 0 Å². The summed E-state index contributed by atoms with van der Waals surface area (Å²) in [5.74, 6) is -0.0297. The van der Waals surface area contributed by atoms with Crippen LogP contribution in [0.5, 0.6) is 11.5 Å². The van der Waals surface area contributed by atoms with Crippen LogP contribution in [0.1, 0.15) is 22.6 Å². The molecule has 3 heteroatoms. The minimum absolute atomic E-state index is 0.186. The minimum Gasteiger partial charge on any atom is -0.508 e. The molecule has 0 saturated carbocycles. The molecule has 0 saturated heterocycles. The molecule has 0 spiro atoms. The molecule has 5 aromatic rings. The number of hydrogen-bond donors (Lipinski definition) is 2. The number of rotatable bonds is 3. The number of halogens is 1. The molecular formula is C27H19ClO2. The topological polar surface area (TPSA) is 40.5 Å². The lowest BCUT2D eigenvalue weighted by molar-refractivity contribution is 0.460. The molecule has 0 aromatic heterocycles. The van der Waals surface area contributed by atoms with Crippen molar-refractivity contribution in [3.8, 4) is 11.5 Å². The first-order chi connectivity index (χ1) is 14.6. The molecule has 30 heavy (non-hydrogen) atoms. The van der Waals surface area contributed by atoms with E-state index >= 15 is 0 Å². The Balaban J connectivity index is 1.93. The summed E-state index contributed by atoms with van der Waals surface area (Å²) < 4.78 is 0. The smallest absolute Gasteiger partial charge is 0.120 e. The Morgan fingerprint density at radius 1 is 0.567 bits per heavy atom. The van der Waals surface area contributed by atoms with Crippen molar-refractivity contribution in [2.24, 2.45) is 0 Å². The zero-order chi connectivity index (χ0) is 20.7. The Labute approximate surface area is 179 Å². The van der Waals surface area contributed by atoms with Gasteiger partial charge in [0.25, 0.3) is 0 Å². The van der Waals surface area contributed by atoms with Crippen molar-refractivity contribution >= 4 is 33.1 Å². The normalized spacial score (nSPS) is 11.4. The van der Waals surface area contributed by atoms with Gasteiger partial charge < -0.3 is 10.2 Å². The van der Waals surface area contributed by atoms with Gasteiger partial charge in [-0.05, 0) is 51.4 Å². The number of hydrogen-bond acceptors (Lipinski definition) is 2. The second kappa shape index (κ2) is 7.40. The Morgan fingerprint density at radius 3 is 1.63 bits per heavy atom. The molecule has 2 nitrogen and oxygen atoms in total. The van der Waals surface area contributed by atoms with Crippen molar-refractivity contribution in [3.63, 3.8) is 0 Å². The Bertz CT molecular complexity index is 1310. The van der Waals surface area contributed by atoms with E-state index in [1.54, 1.807) is 12.1 Å². The maximum atomic E-state index is 11.0. The third kappa shape index (κ3) is 3.06. The van der Waals surface area contributed by atoms with Gasteiger partial charge in [0, 0.05) is 22.1 Å². The summed E-state index contributed by atoms with van der Waals surface area (Å²) in [6.45, 7) is 0. The second-order valence-electron chi connectivity index (χ2n) is 7.43. The minimum atomic E-state index is -0.402. The van der Waals surface area contributed by atoms with E-state index < -0.39 is 5.92 Å². The van der Waals surface area contributed by atoms with E-state index in [0.717, 1.165) is 38.2 Å². The molecule has 5 aromatic carbocycles. The molecule has 0 fully saturated rings. The highest BCUT2D eigenvalue weighted by Crippen LogP contribution is 2.46. The van der Waals surface area contributed by atoms with Crippen molar-refractivity contribution in [3.05, 3.63) is 119 Å². The van der Waals surface area contributed by atoms with Gasteiger partial charge in [0.05, 0.1) is 0 Å². The van der Waals surface area contributed by atoms with E-state index in [2.05, 4.69) is 0 Å². The molecule has 0 aliphatic heterocycles. The molecule has 0 aliphatic carbocycles. The molecular weight excluding hydrogens is 392 g/mol. The summed E-state index contributed by atoms with van der Waals surface area (Å²) in [6.07, 6.45) is 0. The van der Waals surface area contributed by atoms with Gasteiger partial charge in [0.15, 0.2) is 0 Å². The van der Waals surface area contributed by atoms with Gasteiger partial charge in [0.1, 0.15) is 11.5 Å². The third-order valence-electron chi connectivity index (χ3n) is 5.65. The van der Waals surface area contributed by atoms with E-state index in [1.165, 1.54) is 0 Å². The van der Waals surface area contributed by atoms with Crippen LogP contribution in [0.4, 0.5) is 0 Å². The van der Waals surface area contributed by atoms with Crippen LogP contribution in [-0.4, -0.2) is 10.2 Å². The zero-order valence-corrected chi connectivity index (χ0v) is 16.8. The van der Waals surface area contributed by atoms with Crippen molar-refractivity contribution in [2.45, 2.75) is 5.92 Å². The van der Waals surface area contributed by atoms with Crippen molar-refractivity contribution in [2.75, 3.05) is 0 Å². The summed E-state index contributed by atoms with van der Waals surface area (Å²) in [5, 5.41) is 26.6. The van der Waals surface area contributed by atoms with Gasteiger partial charge in [-0.2, -0.15) is 0 Å². The van der Waals surface area contributed by atoms with Gasteiger partial charge in [-0.1, -0.05) is 84.4 Å². The Kier molecular flexibility index (Phi) is 4.57. The Hall–Kier alpha value is -3.49. The molecule has 0 aliphatic rings. The number of phenols is 2. The SMILES string of the molecule is Oc1ccc2ccccc2c1C(c1cccc(Cl)c1)c1c(O)ccc2ccccc12. The van der Waals surface area contributed by atoms with E-state index in [1.807, 2.05) is 84.9 Å². The third-order valence-corrected chi connectivity index (χ3v) is 5.89. The van der Waals surface area contributed by atoms with E-state index in [9.17, 15) is 10.2 Å².